The van der Waals surface area contributed by atoms with Gasteiger partial charge in [-0.25, -0.2) is 21.1 Å². The number of ether oxygens (including phenoxy) is 1. The molecule has 0 aliphatic rings. The van der Waals surface area contributed by atoms with Crippen LogP contribution in [-0.2, 0) is 24.8 Å². The SMILES string of the molecule is Cc1ccc(S(=O)(=O)N(C)C)cc1NC(=O)COc1ccc(S(=O)(=O)Nc2ccc(Cl)cc2)cc1C. The summed E-state index contributed by atoms with van der Waals surface area (Å²) < 4.78 is 59.3. The Labute approximate surface area is 216 Å². The smallest absolute Gasteiger partial charge is 0.262 e. The summed E-state index contributed by atoms with van der Waals surface area (Å²) in [5.41, 5.74) is 1.90. The Balaban J connectivity index is 1.68. The molecule has 36 heavy (non-hydrogen) atoms. The number of aryl methyl sites for hydroxylation is 2. The molecule has 2 N–H and O–H groups in total. The monoisotopic (exact) mass is 551 g/mol. The number of nitrogens with zero attached hydrogens (tertiary/aromatic N) is 1. The highest BCUT2D eigenvalue weighted by atomic mass is 35.5. The normalized spacial score (nSPS) is 11.8. The summed E-state index contributed by atoms with van der Waals surface area (Å²) in [7, 11) is -4.66. The van der Waals surface area contributed by atoms with Crippen LogP contribution in [0.3, 0.4) is 0 Å². The number of hydrogen-bond acceptors (Lipinski definition) is 6. The standard InChI is InChI=1S/C24H26ClN3O6S2/c1-16-5-10-21(36(32,33)28(3)4)14-22(16)26-24(29)15-34-23-12-11-20(13-17(23)2)35(30,31)27-19-8-6-18(25)7-9-19/h5-14,27H,15H2,1-4H3,(H,26,29). The van der Waals surface area contributed by atoms with Crippen LogP contribution in [0.25, 0.3) is 0 Å². The van der Waals surface area contributed by atoms with Crippen LogP contribution in [-0.4, -0.2) is 47.8 Å². The van der Waals surface area contributed by atoms with Crippen molar-refractivity contribution in [2.75, 3.05) is 30.7 Å². The maximum absolute atomic E-state index is 12.7. The third-order valence-electron chi connectivity index (χ3n) is 5.17. The van der Waals surface area contributed by atoms with E-state index in [1.807, 2.05) is 0 Å². The van der Waals surface area contributed by atoms with Gasteiger partial charge in [0.2, 0.25) is 10.0 Å². The Hall–Kier alpha value is -3.12. The van der Waals surface area contributed by atoms with Crippen molar-refractivity contribution in [2.45, 2.75) is 23.6 Å². The van der Waals surface area contributed by atoms with Crippen LogP contribution in [0.2, 0.25) is 5.02 Å². The van der Waals surface area contributed by atoms with E-state index in [0.29, 0.717) is 33.3 Å². The molecule has 0 heterocycles. The Morgan fingerprint density at radius 2 is 1.53 bits per heavy atom. The highest BCUT2D eigenvalue weighted by Crippen LogP contribution is 2.25. The fraction of sp³-hybridized carbons (Fsp3) is 0.208. The molecule has 0 saturated carbocycles. The second kappa shape index (κ2) is 10.9. The van der Waals surface area contributed by atoms with Crippen LogP contribution < -0.4 is 14.8 Å². The predicted molar refractivity (Wildman–Crippen MR) is 140 cm³/mol. The highest BCUT2D eigenvalue weighted by molar-refractivity contribution is 7.92. The van der Waals surface area contributed by atoms with E-state index in [1.54, 1.807) is 44.2 Å². The lowest BCUT2D eigenvalue weighted by Crippen LogP contribution is -2.23. The van der Waals surface area contributed by atoms with Crippen molar-refractivity contribution in [2.24, 2.45) is 0 Å². The van der Waals surface area contributed by atoms with E-state index in [4.69, 9.17) is 16.3 Å². The van der Waals surface area contributed by atoms with Gasteiger partial charge in [-0.05, 0) is 79.6 Å². The highest BCUT2D eigenvalue weighted by Gasteiger charge is 2.19. The van der Waals surface area contributed by atoms with Crippen LogP contribution in [0.15, 0.2) is 70.5 Å². The minimum atomic E-state index is -3.85. The van der Waals surface area contributed by atoms with Gasteiger partial charge in [-0.2, -0.15) is 0 Å². The van der Waals surface area contributed by atoms with Crippen molar-refractivity contribution in [1.82, 2.24) is 4.31 Å². The van der Waals surface area contributed by atoms with Crippen LogP contribution in [0.5, 0.6) is 5.75 Å². The van der Waals surface area contributed by atoms with Gasteiger partial charge in [0, 0.05) is 30.5 Å². The van der Waals surface area contributed by atoms with Gasteiger partial charge in [-0.3, -0.25) is 9.52 Å². The van der Waals surface area contributed by atoms with Crippen molar-refractivity contribution in [1.29, 1.82) is 0 Å². The van der Waals surface area contributed by atoms with Gasteiger partial charge in [0.1, 0.15) is 5.75 Å². The number of amides is 1. The number of benzene rings is 3. The quantitative estimate of drug-likeness (QED) is 0.414. The van der Waals surface area contributed by atoms with E-state index < -0.39 is 26.0 Å². The number of sulfonamides is 2. The fourth-order valence-corrected chi connectivity index (χ4v) is 5.32. The first-order chi connectivity index (χ1) is 16.8. The zero-order valence-electron chi connectivity index (χ0n) is 20.1. The van der Waals surface area contributed by atoms with Gasteiger partial charge in [-0.15, -0.1) is 0 Å². The van der Waals surface area contributed by atoms with Crippen LogP contribution in [0, 0.1) is 13.8 Å². The molecule has 0 spiro atoms. The number of rotatable bonds is 9. The molecule has 0 radical (unpaired) electrons. The largest absolute Gasteiger partial charge is 0.483 e. The molecule has 0 aliphatic carbocycles. The van der Waals surface area contributed by atoms with Crippen molar-refractivity contribution in [3.05, 3.63) is 76.8 Å². The molecule has 192 valence electrons. The lowest BCUT2D eigenvalue weighted by Gasteiger charge is -2.15. The maximum atomic E-state index is 12.7. The van der Waals surface area contributed by atoms with Gasteiger partial charge < -0.3 is 10.1 Å². The molecule has 1 amide bonds. The Kier molecular flexibility index (Phi) is 8.29. The first-order valence-corrected chi connectivity index (χ1v) is 13.9. The van der Waals surface area contributed by atoms with Crippen molar-refractivity contribution >= 4 is 48.9 Å². The Morgan fingerprint density at radius 1 is 0.889 bits per heavy atom. The molecule has 0 saturated heterocycles. The average molecular weight is 552 g/mol. The zero-order chi connectivity index (χ0) is 26.7. The molecule has 3 aromatic rings. The van der Waals surface area contributed by atoms with E-state index in [2.05, 4.69) is 10.0 Å². The Bertz CT molecular complexity index is 1490. The summed E-state index contributed by atoms with van der Waals surface area (Å²) in [6, 6.07) is 15.0. The molecular formula is C24H26ClN3O6S2. The molecule has 0 unspecified atom stereocenters. The van der Waals surface area contributed by atoms with Crippen LogP contribution in [0.1, 0.15) is 11.1 Å². The third-order valence-corrected chi connectivity index (χ3v) is 8.62. The lowest BCUT2D eigenvalue weighted by molar-refractivity contribution is -0.118. The van der Waals surface area contributed by atoms with Gasteiger partial charge >= 0.3 is 0 Å². The van der Waals surface area contributed by atoms with Crippen molar-refractivity contribution < 1.29 is 26.4 Å². The number of anilines is 2. The summed E-state index contributed by atoms with van der Waals surface area (Å²) in [6.07, 6.45) is 0. The van der Waals surface area contributed by atoms with E-state index in [0.717, 1.165) is 4.31 Å². The minimum absolute atomic E-state index is 0.0290. The first kappa shape index (κ1) is 27.5. The lowest BCUT2D eigenvalue weighted by atomic mass is 10.2. The second-order valence-corrected chi connectivity index (χ2v) is 12.4. The number of halogens is 1. The van der Waals surface area contributed by atoms with E-state index >= 15 is 0 Å². The number of carbonyl (C=O) groups excluding carboxylic acids is 1. The van der Waals surface area contributed by atoms with E-state index in [9.17, 15) is 21.6 Å². The molecule has 0 aromatic heterocycles. The molecule has 3 aromatic carbocycles. The van der Waals surface area contributed by atoms with Gasteiger partial charge in [-0.1, -0.05) is 17.7 Å². The second-order valence-electron chi connectivity index (χ2n) is 8.14. The van der Waals surface area contributed by atoms with Crippen LogP contribution >= 0.6 is 11.6 Å². The van der Waals surface area contributed by atoms with Crippen LogP contribution in [0.4, 0.5) is 11.4 Å². The molecule has 0 aliphatic heterocycles. The molecule has 12 heteroatoms. The van der Waals surface area contributed by atoms with E-state index in [1.165, 1.54) is 44.4 Å². The molecular weight excluding hydrogens is 526 g/mol. The topological polar surface area (TPSA) is 122 Å². The summed E-state index contributed by atoms with van der Waals surface area (Å²) in [6.45, 7) is 3.04. The van der Waals surface area contributed by atoms with Crippen molar-refractivity contribution in [3.63, 3.8) is 0 Å². The van der Waals surface area contributed by atoms with Gasteiger partial charge in [0.05, 0.1) is 9.79 Å². The average Bonchev–Trinajstić information content (AvgIpc) is 2.80. The fourth-order valence-electron chi connectivity index (χ4n) is 3.12. The summed E-state index contributed by atoms with van der Waals surface area (Å²) in [5, 5.41) is 3.14. The summed E-state index contributed by atoms with van der Waals surface area (Å²) in [5.74, 6) is -0.172. The molecule has 3 rings (SSSR count). The summed E-state index contributed by atoms with van der Waals surface area (Å²) in [4.78, 5) is 12.6. The molecule has 0 bridgehead atoms. The number of carbonyl (C=O) groups is 1. The molecule has 0 atom stereocenters. The number of hydrogen-bond donors (Lipinski definition) is 2. The van der Waals surface area contributed by atoms with Gasteiger partial charge in [0.25, 0.3) is 15.9 Å². The van der Waals surface area contributed by atoms with Crippen molar-refractivity contribution in [3.8, 4) is 5.75 Å². The number of nitrogens with one attached hydrogen (secondary N) is 2. The molecule has 0 fully saturated rings. The minimum Gasteiger partial charge on any atom is -0.483 e. The Morgan fingerprint density at radius 3 is 2.14 bits per heavy atom. The maximum Gasteiger partial charge on any atom is 0.262 e. The third kappa shape index (κ3) is 6.55. The first-order valence-electron chi connectivity index (χ1n) is 10.6. The van der Waals surface area contributed by atoms with E-state index in [-0.39, 0.29) is 16.4 Å². The predicted octanol–water partition coefficient (Wildman–Crippen LogP) is 4.03. The summed E-state index contributed by atoms with van der Waals surface area (Å²) >= 11 is 5.83. The molecule has 9 nitrogen and oxygen atoms in total. The van der Waals surface area contributed by atoms with Gasteiger partial charge in [0.15, 0.2) is 6.61 Å². The zero-order valence-corrected chi connectivity index (χ0v) is 22.5.